The number of pyridine rings is 1. The van der Waals surface area contributed by atoms with Gasteiger partial charge in [0.1, 0.15) is 0 Å². The minimum atomic E-state index is -3.18. The number of carbonyl (C=O) groups excluding carboxylic acids is 1. The lowest BCUT2D eigenvalue weighted by Gasteiger charge is -2.36. The lowest BCUT2D eigenvalue weighted by Crippen LogP contribution is -2.52. The molecular weight excluding hydrogens is 366 g/mol. The van der Waals surface area contributed by atoms with Crippen molar-refractivity contribution in [1.29, 1.82) is 0 Å². The average Bonchev–Trinajstić information content (AvgIpc) is 2.68. The minimum Gasteiger partial charge on any atom is -0.367 e. The lowest BCUT2D eigenvalue weighted by molar-refractivity contribution is 0.191. The third kappa shape index (κ3) is 5.32. The van der Waals surface area contributed by atoms with Gasteiger partial charge in [0.15, 0.2) is 0 Å². The number of carbonyl (C=O) groups is 1. The van der Waals surface area contributed by atoms with E-state index in [1.165, 1.54) is 6.26 Å². The number of sulfonamides is 1. The molecule has 0 spiro atoms. The molecule has 2 fully saturated rings. The van der Waals surface area contributed by atoms with Gasteiger partial charge in [-0.25, -0.2) is 13.2 Å². The Kier molecular flexibility index (Phi) is 6.54. The molecule has 3 rings (SSSR count). The van der Waals surface area contributed by atoms with Gasteiger partial charge in [0.05, 0.1) is 18.1 Å². The predicted molar refractivity (Wildman–Crippen MR) is 105 cm³/mol. The monoisotopic (exact) mass is 395 g/mol. The molecule has 1 aromatic heterocycles. The number of aromatic nitrogens is 1. The highest BCUT2D eigenvalue weighted by molar-refractivity contribution is 7.88. The summed E-state index contributed by atoms with van der Waals surface area (Å²) in [5.74, 6) is 0. The highest BCUT2D eigenvalue weighted by Crippen LogP contribution is 2.22. The molecule has 2 amide bonds. The Morgan fingerprint density at radius 1 is 1.22 bits per heavy atom. The van der Waals surface area contributed by atoms with Crippen molar-refractivity contribution in [2.45, 2.75) is 31.7 Å². The van der Waals surface area contributed by atoms with Crippen molar-refractivity contribution in [2.75, 3.05) is 50.4 Å². The third-order valence-electron chi connectivity index (χ3n) is 5.33. The molecule has 1 N–H and O–H groups in total. The Morgan fingerprint density at radius 3 is 2.67 bits per heavy atom. The molecule has 8 nitrogen and oxygen atoms in total. The highest BCUT2D eigenvalue weighted by Gasteiger charge is 2.29. The largest absolute Gasteiger partial charge is 0.367 e. The second-order valence-electron chi connectivity index (χ2n) is 7.23. The van der Waals surface area contributed by atoms with Crippen LogP contribution in [0, 0.1) is 0 Å². The molecule has 2 aliphatic heterocycles. The summed E-state index contributed by atoms with van der Waals surface area (Å²) in [6.07, 6.45) is 8.35. The summed E-state index contributed by atoms with van der Waals surface area (Å²) in [4.78, 5) is 20.6. The minimum absolute atomic E-state index is 0.00326. The number of nitrogens with one attached hydrogen (secondary N) is 1. The number of hydrogen-bond donors (Lipinski definition) is 1. The Bertz CT molecular complexity index is 720. The first kappa shape index (κ1) is 19.9. The fourth-order valence-electron chi connectivity index (χ4n) is 3.87. The third-order valence-corrected chi connectivity index (χ3v) is 6.66. The van der Waals surface area contributed by atoms with Gasteiger partial charge in [-0.2, -0.15) is 4.31 Å². The Morgan fingerprint density at radius 2 is 2.00 bits per heavy atom. The van der Waals surface area contributed by atoms with Crippen molar-refractivity contribution in [3.63, 3.8) is 0 Å². The maximum atomic E-state index is 12.4. The Hall–Kier alpha value is -1.87. The van der Waals surface area contributed by atoms with E-state index in [0.717, 1.165) is 38.0 Å². The summed E-state index contributed by atoms with van der Waals surface area (Å²) in [6.45, 7) is 3.98. The van der Waals surface area contributed by atoms with E-state index in [-0.39, 0.29) is 12.1 Å². The smallest absolute Gasteiger partial charge is 0.317 e. The standard InChI is InChI=1S/C18H29N5O3S/c1-27(25,26)23-10-3-2-5-16(23)7-9-20-18(24)22-13-11-21(12-14-22)17-6-4-8-19-15-17/h4,6,8,15-16H,2-3,5,7,9-14H2,1H3,(H,20,24)/t16-/m1/s1. The van der Waals surface area contributed by atoms with Gasteiger partial charge in [0.2, 0.25) is 10.0 Å². The van der Waals surface area contributed by atoms with E-state index in [2.05, 4.69) is 15.2 Å². The molecule has 9 heteroatoms. The van der Waals surface area contributed by atoms with Crippen molar-refractivity contribution >= 4 is 21.7 Å². The topological polar surface area (TPSA) is 85.8 Å². The zero-order valence-electron chi connectivity index (χ0n) is 15.9. The molecule has 0 aromatic carbocycles. The first-order valence-corrected chi connectivity index (χ1v) is 11.4. The molecule has 2 aliphatic rings. The van der Waals surface area contributed by atoms with Crippen molar-refractivity contribution in [3.8, 4) is 0 Å². The normalized spacial score (nSPS) is 21.9. The number of hydrogen-bond acceptors (Lipinski definition) is 5. The van der Waals surface area contributed by atoms with E-state index in [1.54, 1.807) is 10.5 Å². The van der Waals surface area contributed by atoms with E-state index in [1.807, 2.05) is 23.2 Å². The number of urea groups is 1. The van der Waals surface area contributed by atoms with E-state index >= 15 is 0 Å². The molecule has 2 saturated heterocycles. The van der Waals surface area contributed by atoms with Crippen molar-refractivity contribution in [1.82, 2.24) is 19.5 Å². The molecule has 27 heavy (non-hydrogen) atoms. The fraction of sp³-hybridized carbons (Fsp3) is 0.667. The maximum Gasteiger partial charge on any atom is 0.317 e. The number of piperidine rings is 1. The molecule has 0 unspecified atom stereocenters. The summed E-state index contributed by atoms with van der Waals surface area (Å²) in [6, 6.07) is 3.87. The Balaban J connectivity index is 1.42. The quantitative estimate of drug-likeness (QED) is 0.807. The molecule has 1 atom stereocenters. The van der Waals surface area contributed by atoms with Gasteiger partial charge in [0.25, 0.3) is 0 Å². The van der Waals surface area contributed by atoms with Crippen LogP contribution in [-0.4, -0.2) is 80.2 Å². The summed E-state index contributed by atoms with van der Waals surface area (Å²) < 4.78 is 25.4. The van der Waals surface area contributed by atoms with E-state index in [9.17, 15) is 13.2 Å². The molecule has 0 saturated carbocycles. The van der Waals surface area contributed by atoms with Crippen molar-refractivity contribution in [3.05, 3.63) is 24.5 Å². The molecule has 1 aromatic rings. The highest BCUT2D eigenvalue weighted by atomic mass is 32.2. The summed E-state index contributed by atoms with van der Waals surface area (Å²) >= 11 is 0. The number of amides is 2. The van der Waals surface area contributed by atoms with E-state index in [4.69, 9.17) is 0 Å². The van der Waals surface area contributed by atoms with Crippen LogP contribution in [0.1, 0.15) is 25.7 Å². The second kappa shape index (κ2) is 8.88. The van der Waals surface area contributed by atoms with Crippen LogP contribution in [0.5, 0.6) is 0 Å². The first-order valence-electron chi connectivity index (χ1n) is 9.60. The lowest BCUT2D eigenvalue weighted by atomic mass is 10.0. The van der Waals surface area contributed by atoms with Crippen LogP contribution < -0.4 is 10.2 Å². The van der Waals surface area contributed by atoms with E-state index in [0.29, 0.717) is 32.6 Å². The zero-order valence-corrected chi connectivity index (χ0v) is 16.7. The van der Waals surface area contributed by atoms with Gasteiger partial charge in [-0.05, 0) is 31.4 Å². The number of rotatable bonds is 5. The summed E-state index contributed by atoms with van der Waals surface area (Å²) in [7, 11) is -3.18. The molecular formula is C18H29N5O3S. The van der Waals surface area contributed by atoms with Crippen LogP contribution in [0.15, 0.2) is 24.5 Å². The van der Waals surface area contributed by atoms with Gasteiger partial charge in [-0.3, -0.25) is 4.98 Å². The summed E-state index contributed by atoms with van der Waals surface area (Å²) in [5.41, 5.74) is 1.08. The van der Waals surface area contributed by atoms with Gasteiger partial charge in [-0.1, -0.05) is 6.42 Å². The molecule has 3 heterocycles. The van der Waals surface area contributed by atoms with Crippen LogP contribution in [0.3, 0.4) is 0 Å². The van der Waals surface area contributed by atoms with Gasteiger partial charge in [0, 0.05) is 51.5 Å². The fourth-order valence-corrected chi connectivity index (χ4v) is 5.08. The first-order chi connectivity index (χ1) is 12.9. The predicted octanol–water partition coefficient (Wildman–Crippen LogP) is 1.12. The maximum absolute atomic E-state index is 12.4. The van der Waals surface area contributed by atoms with E-state index < -0.39 is 10.0 Å². The average molecular weight is 396 g/mol. The molecule has 150 valence electrons. The Labute approximate surface area is 161 Å². The van der Waals surface area contributed by atoms with Gasteiger partial charge in [-0.15, -0.1) is 0 Å². The summed E-state index contributed by atoms with van der Waals surface area (Å²) in [5, 5.41) is 2.96. The molecule has 0 bridgehead atoms. The van der Waals surface area contributed by atoms with Crippen LogP contribution in [0.25, 0.3) is 0 Å². The molecule has 0 radical (unpaired) electrons. The van der Waals surface area contributed by atoms with Crippen LogP contribution in [0.4, 0.5) is 10.5 Å². The zero-order chi connectivity index (χ0) is 19.3. The number of piperazine rings is 1. The number of anilines is 1. The second-order valence-corrected chi connectivity index (χ2v) is 9.16. The SMILES string of the molecule is CS(=O)(=O)N1CCCC[C@@H]1CCNC(=O)N1CCN(c2cccnc2)CC1. The van der Waals surface area contributed by atoms with Gasteiger partial charge < -0.3 is 15.1 Å². The van der Waals surface area contributed by atoms with Crippen LogP contribution >= 0.6 is 0 Å². The van der Waals surface area contributed by atoms with Crippen molar-refractivity contribution < 1.29 is 13.2 Å². The van der Waals surface area contributed by atoms with Crippen LogP contribution in [0.2, 0.25) is 0 Å². The van der Waals surface area contributed by atoms with Gasteiger partial charge >= 0.3 is 6.03 Å². The van der Waals surface area contributed by atoms with Crippen LogP contribution in [-0.2, 0) is 10.0 Å². The number of nitrogens with zero attached hydrogens (tertiary/aromatic N) is 4. The van der Waals surface area contributed by atoms with Crippen molar-refractivity contribution in [2.24, 2.45) is 0 Å². The molecule has 0 aliphatic carbocycles.